The maximum Gasteiger partial charge on any atom is 0.0586 e. The maximum atomic E-state index is 5.97. The Hall–Kier alpha value is -1.32. The second-order valence-electron chi connectivity index (χ2n) is 4.59. The molecule has 1 aromatic rings. The summed E-state index contributed by atoms with van der Waals surface area (Å²) >= 11 is 0. The molecule has 3 rings (SSSR count). The Bertz CT molecular complexity index is 427. The molecule has 0 unspecified atom stereocenters. The van der Waals surface area contributed by atoms with Crippen molar-refractivity contribution in [3.8, 4) is 0 Å². The Labute approximate surface area is 95.7 Å². The predicted octanol–water partition coefficient (Wildman–Crippen LogP) is 1.05. The summed E-state index contributed by atoms with van der Waals surface area (Å²) in [5, 5.41) is 7.03. The monoisotopic (exact) mass is 215 g/mol. The van der Waals surface area contributed by atoms with Crippen molar-refractivity contribution in [2.24, 2.45) is 5.73 Å². The molecule has 2 heterocycles. The van der Waals surface area contributed by atoms with Gasteiger partial charge in [-0.25, -0.2) is 0 Å². The molecular weight excluding hydrogens is 198 g/mol. The van der Waals surface area contributed by atoms with Crippen LogP contribution in [-0.4, -0.2) is 25.2 Å². The molecule has 2 aliphatic rings. The molecule has 2 atom stereocenters. The highest BCUT2D eigenvalue weighted by Crippen LogP contribution is 2.39. The summed E-state index contributed by atoms with van der Waals surface area (Å²) < 4.78 is 0. The number of nitrogens with two attached hydrogens (primary N) is 1. The predicted molar refractivity (Wildman–Crippen MR) is 66.6 cm³/mol. The molecule has 1 aromatic carbocycles. The highest BCUT2D eigenvalue weighted by atomic mass is 15.1. The number of hydrogen-bond acceptors (Lipinski definition) is 3. The Morgan fingerprint density at radius 3 is 3.12 bits per heavy atom. The molecule has 0 saturated heterocycles. The third-order valence-corrected chi connectivity index (χ3v) is 3.75. The lowest BCUT2D eigenvalue weighted by Crippen LogP contribution is -2.62. The van der Waals surface area contributed by atoms with Crippen molar-refractivity contribution in [1.29, 1.82) is 0 Å². The van der Waals surface area contributed by atoms with Gasteiger partial charge in [-0.3, -0.25) is 0 Å². The second kappa shape index (κ2) is 3.61. The molecule has 0 saturated carbocycles. The van der Waals surface area contributed by atoms with E-state index in [1.807, 2.05) is 0 Å². The topological polar surface area (TPSA) is 50.1 Å². The van der Waals surface area contributed by atoms with Gasteiger partial charge in [-0.1, -0.05) is 30.4 Å². The van der Waals surface area contributed by atoms with E-state index in [1.54, 1.807) is 0 Å². The highest BCUT2D eigenvalue weighted by molar-refractivity contribution is 5.59. The van der Waals surface area contributed by atoms with E-state index in [0.29, 0.717) is 12.5 Å². The summed E-state index contributed by atoms with van der Waals surface area (Å²) in [7, 11) is 0. The summed E-state index contributed by atoms with van der Waals surface area (Å²) in [5.74, 6) is 0.392. The number of para-hydroxylation sites is 1. The standard InChI is InChI=1S/C13H17N3/c14-8-13-9-15-12-6-2-1-4-10(12)11(13)5-3-7-16-13/h1-6,11,15-16H,7-9,14H2/t11-,13-/m0/s1. The van der Waals surface area contributed by atoms with Crippen molar-refractivity contribution in [2.45, 2.75) is 11.5 Å². The summed E-state index contributed by atoms with van der Waals surface area (Å²) in [6.45, 7) is 2.47. The van der Waals surface area contributed by atoms with Crippen LogP contribution in [-0.2, 0) is 0 Å². The van der Waals surface area contributed by atoms with E-state index in [4.69, 9.17) is 5.73 Å². The van der Waals surface area contributed by atoms with Gasteiger partial charge in [0.2, 0.25) is 0 Å². The van der Waals surface area contributed by atoms with Gasteiger partial charge in [0.15, 0.2) is 0 Å². The number of fused-ring (bicyclic) bond motifs is 3. The Balaban J connectivity index is 2.11. The number of benzene rings is 1. The Kier molecular flexibility index (Phi) is 2.23. The highest BCUT2D eigenvalue weighted by Gasteiger charge is 2.41. The zero-order chi connectivity index (χ0) is 11.0. The van der Waals surface area contributed by atoms with E-state index >= 15 is 0 Å². The first kappa shape index (κ1) is 9.87. The van der Waals surface area contributed by atoms with Crippen LogP contribution in [0.2, 0.25) is 0 Å². The van der Waals surface area contributed by atoms with Crippen LogP contribution in [0.1, 0.15) is 11.5 Å². The van der Waals surface area contributed by atoms with Crippen molar-refractivity contribution < 1.29 is 0 Å². The molecule has 0 bridgehead atoms. The van der Waals surface area contributed by atoms with E-state index in [9.17, 15) is 0 Å². The third kappa shape index (κ3) is 1.29. The van der Waals surface area contributed by atoms with Crippen molar-refractivity contribution in [2.75, 3.05) is 25.0 Å². The minimum absolute atomic E-state index is 0.0108. The van der Waals surface area contributed by atoms with Gasteiger partial charge in [0.05, 0.1) is 5.54 Å². The van der Waals surface area contributed by atoms with Gasteiger partial charge >= 0.3 is 0 Å². The SMILES string of the molecule is NC[C@]12CNc3ccccc3[C@@H]1C=CCN2. The molecule has 2 aliphatic heterocycles. The van der Waals surface area contributed by atoms with Crippen LogP contribution in [0.3, 0.4) is 0 Å². The minimum atomic E-state index is -0.0108. The van der Waals surface area contributed by atoms with Gasteiger partial charge in [0, 0.05) is 31.2 Å². The Morgan fingerprint density at radius 2 is 2.25 bits per heavy atom. The number of nitrogens with one attached hydrogen (secondary N) is 2. The lowest BCUT2D eigenvalue weighted by Gasteiger charge is -2.46. The molecule has 0 spiro atoms. The van der Waals surface area contributed by atoms with Gasteiger partial charge < -0.3 is 16.4 Å². The first-order chi connectivity index (χ1) is 7.86. The summed E-state index contributed by atoms with van der Waals surface area (Å²) in [6.07, 6.45) is 4.49. The van der Waals surface area contributed by atoms with E-state index in [2.05, 4.69) is 47.1 Å². The molecule has 0 fully saturated rings. The summed E-state index contributed by atoms with van der Waals surface area (Å²) in [4.78, 5) is 0. The van der Waals surface area contributed by atoms with Gasteiger partial charge in [-0.05, 0) is 11.6 Å². The van der Waals surface area contributed by atoms with E-state index in [0.717, 1.165) is 13.1 Å². The van der Waals surface area contributed by atoms with Crippen LogP contribution < -0.4 is 16.4 Å². The second-order valence-corrected chi connectivity index (χ2v) is 4.59. The quantitative estimate of drug-likeness (QED) is 0.614. The lowest BCUT2D eigenvalue weighted by molar-refractivity contribution is 0.312. The normalized spacial score (nSPS) is 31.4. The molecule has 3 heteroatoms. The first-order valence-corrected chi connectivity index (χ1v) is 5.80. The van der Waals surface area contributed by atoms with Crippen LogP contribution in [0.5, 0.6) is 0 Å². The van der Waals surface area contributed by atoms with E-state index in [-0.39, 0.29) is 5.54 Å². The minimum Gasteiger partial charge on any atom is -0.383 e. The van der Waals surface area contributed by atoms with E-state index in [1.165, 1.54) is 11.3 Å². The first-order valence-electron chi connectivity index (χ1n) is 5.80. The van der Waals surface area contributed by atoms with Gasteiger partial charge in [0.1, 0.15) is 0 Å². The molecule has 4 N–H and O–H groups in total. The zero-order valence-corrected chi connectivity index (χ0v) is 9.24. The summed E-state index contributed by atoms with van der Waals surface area (Å²) in [6, 6.07) is 8.49. The van der Waals surface area contributed by atoms with E-state index < -0.39 is 0 Å². The summed E-state index contributed by atoms with van der Waals surface area (Å²) in [5.41, 5.74) is 8.55. The number of anilines is 1. The smallest absolute Gasteiger partial charge is 0.0586 e. The van der Waals surface area contributed by atoms with Crippen molar-refractivity contribution in [3.63, 3.8) is 0 Å². The van der Waals surface area contributed by atoms with Crippen LogP contribution >= 0.6 is 0 Å². The molecule has 0 radical (unpaired) electrons. The molecular formula is C13H17N3. The van der Waals surface area contributed by atoms with Gasteiger partial charge in [0.25, 0.3) is 0 Å². The van der Waals surface area contributed by atoms with Crippen molar-refractivity contribution in [1.82, 2.24) is 5.32 Å². The lowest BCUT2D eigenvalue weighted by atomic mass is 9.74. The number of rotatable bonds is 1. The molecule has 16 heavy (non-hydrogen) atoms. The molecule has 0 aromatic heterocycles. The van der Waals surface area contributed by atoms with Crippen LogP contribution in [0.15, 0.2) is 36.4 Å². The third-order valence-electron chi connectivity index (χ3n) is 3.75. The zero-order valence-electron chi connectivity index (χ0n) is 9.24. The van der Waals surface area contributed by atoms with Crippen molar-refractivity contribution >= 4 is 5.69 Å². The largest absolute Gasteiger partial charge is 0.383 e. The maximum absolute atomic E-state index is 5.97. The molecule has 3 nitrogen and oxygen atoms in total. The Morgan fingerprint density at radius 1 is 1.38 bits per heavy atom. The van der Waals surface area contributed by atoms with Crippen molar-refractivity contribution in [3.05, 3.63) is 42.0 Å². The molecule has 84 valence electrons. The molecule has 0 aliphatic carbocycles. The van der Waals surface area contributed by atoms with Gasteiger partial charge in [-0.15, -0.1) is 0 Å². The van der Waals surface area contributed by atoms with Crippen LogP contribution in [0, 0.1) is 0 Å². The average Bonchev–Trinajstić information content (AvgIpc) is 2.38. The van der Waals surface area contributed by atoms with Crippen LogP contribution in [0.4, 0.5) is 5.69 Å². The average molecular weight is 215 g/mol. The van der Waals surface area contributed by atoms with Crippen LogP contribution in [0.25, 0.3) is 0 Å². The number of hydrogen-bond donors (Lipinski definition) is 3. The fourth-order valence-corrected chi connectivity index (χ4v) is 2.79. The fraction of sp³-hybridized carbons (Fsp3) is 0.385. The van der Waals surface area contributed by atoms with Gasteiger partial charge in [-0.2, -0.15) is 0 Å². The fourth-order valence-electron chi connectivity index (χ4n) is 2.79. The molecule has 0 amide bonds.